The number of nitrogens with zero attached hydrogens (tertiary/aromatic N) is 3. The number of benzene rings is 3. The monoisotopic (exact) mass is 487 g/mol. The zero-order valence-electron chi connectivity index (χ0n) is 22.7. The number of pyridine rings is 1. The van der Waals surface area contributed by atoms with Crippen LogP contribution in [0.2, 0.25) is 0 Å². The Bertz CT molecular complexity index is 1770. The Balaban J connectivity index is 1.63. The van der Waals surface area contributed by atoms with Crippen molar-refractivity contribution in [3.8, 4) is 22.6 Å². The fourth-order valence-corrected chi connectivity index (χ4v) is 5.07. The molecule has 0 amide bonds. The summed E-state index contributed by atoms with van der Waals surface area (Å²) in [6, 6.07) is 25.4. The van der Waals surface area contributed by atoms with Crippen LogP contribution >= 0.6 is 0 Å². The van der Waals surface area contributed by atoms with Crippen molar-refractivity contribution < 1.29 is 4.42 Å². The van der Waals surface area contributed by atoms with Gasteiger partial charge in [0, 0.05) is 34.5 Å². The summed E-state index contributed by atoms with van der Waals surface area (Å²) in [6.07, 6.45) is 0. The molecule has 0 aliphatic rings. The first-order valence-electron chi connectivity index (χ1n) is 12.9. The normalized spacial score (nSPS) is 12.7. The van der Waals surface area contributed by atoms with Crippen LogP contribution in [0.1, 0.15) is 52.8 Å². The quantitative estimate of drug-likeness (QED) is 0.245. The number of hydrogen-bond donors (Lipinski definition) is 0. The van der Waals surface area contributed by atoms with Gasteiger partial charge in [0.05, 0.1) is 22.3 Å². The molecule has 6 aromatic rings. The number of para-hydroxylation sites is 4. The van der Waals surface area contributed by atoms with Crippen molar-refractivity contribution in [1.29, 1.82) is 0 Å². The van der Waals surface area contributed by atoms with Gasteiger partial charge < -0.3 is 8.98 Å². The maximum atomic E-state index is 6.73. The van der Waals surface area contributed by atoms with Crippen molar-refractivity contribution in [2.75, 3.05) is 0 Å². The van der Waals surface area contributed by atoms with E-state index in [4.69, 9.17) is 14.4 Å². The molecule has 37 heavy (non-hydrogen) atoms. The molecule has 3 aromatic carbocycles. The van der Waals surface area contributed by atoms with Gasteiger partial charge in [-0.05, 0) is 47.4 Å². The Morgan fingerprint density at radius 2 is 1.32 bits per heavy atom. The molecule has 0 fully saturated rings. The van der Waals surface area contributed by atoms with Gasteiger partial charge in [0.15, 0.2) is 0 Å². The third-order valence-electron chi connectivity index (χ3n) is 7.29. The lowest BCUT2D eigenvalue weighted by molar-refractivity contribution is 0.553. The lowest BCUT2D eigenvalue weighted by Gasteiger charge is -2.25. The van der Waals surface area contributed by atoms with Gasteiger partial charge in [-0.15, -0.1) is 0 Å². The second-order valence-electron chi connectivity index (χ2n) is 12.1. The molecule has 0 radical (unpaired) electrons. The van der Waals surface area contributed by atoms with Crippen molar-refractivity contribution >= 4 is 33.0 Å². The van der Waals surface area contributed by atoms with Gasteiger partial charge in [-0.1, -0.05) is 77.9 Å². The van der Waals surface area contributed by atoms with Crippen molar-refractivity contribution in [3.63, 3.8) is 0 Å². The van der Waals surface area contributed by atoms with Crippen LogP contribution in [0, 0.1) is 0 Å². The molecule has 3 heterocycles. The minimum atomic E-state index is -0.0643. The molecule has 186 valence electrons. The molecule has 0 spiro atoms. The van der Waals surface area contributed by atoms with E-state index in [0.29, 0.717) is 0 Å². The maximum Gasteiger partial charge on any atom is 0.146 e. The minimum absolute atomic E-state index is 0.00679. The van der Waals surface area contributed by atoms with Gasteiger partial charge in [-0.3, -0.25) is 4.98 Å². The number of rotatable bonds is 2. The van der Waals surface area contributed by atoms with E-state index in [1.165, 1.54) is 5.56 Å². The molecule has 0 N–H and O–H groups in total. The Morgan fingerprint density at radius 1 is 0.676 bits per heavy atom. The molecule has 4 heteroatoms. The number of aromatic nitrogens is 3. The van der Waals surface area contributed by atoms with E-state index in [9.17, 15) is 0 Å². The van der Waals surface area contributed by atoms with E-state index in [2.05, 4.69) is 114 Å². The summed E-state index contributed by atoms with van der Waals surface area (Å²) in [6.45, 7) is 13.4. The summed E-state index contributed by atoms with van der Waals surface area (Å²) >= 11 is 0. The zero-order valence-corrected chi connectivity index (χ0v) is 22.7. The highest BCUT2D eigenvalue weighted by Crippen LogP contribution is 2.41. The predicted octanol–water partition coefficient (Wildman–Crippen LogP) is 8.80. The largest absolute Gasteiger partial charge is 0.455 e. The summed E-state index contributed by atoms with van der Waals surface area (Å²) in [7, 11) is 2.06. The highest BCUT2D eigenvalue weighted by atomic mass is 16.3. The highest BCUT2D eigenvalue weighted by molar-refractivity contribution is 6.12. The van der Waals surface area contributed by atoms with Gasteiger partial charge in [-0.2, -0.15) is 0 Å². The van der Waals surface area contributed by atoms with Gasteiger partial charge in [-0.25, -0.2) is 4.98 Å². The molecule has 0 saturated carbocycles. The summed E-state index contributed by atoms with van der Waals surface area (Å²) < 4.78 is 8.87. The molecule has 3 aromatic heterocycles. The number of hydrogen-bond acceptors (Lipinski definition) is 3. The lowest BCUT2D eigenvalue weighted by atomic mass is 9.82. The van der Waals surface area contributed by atoms with Crippen LogP contribution in [-0.4, -0.2) is 14.5 Å². The molecule has 0 unspecified atom stereocenters. The number of aryl methyl sites for hydroxylation is 1. The van der Waals surface area contributed by atoms with Crippen LogP contribution in [0.5, 0.6) is 0 Å². The summed E-state index contributed by atoms with van der Waals surface area (Å²) in [4.78, 5) is 10.1. The predicted molar refractivity (Wildman–Crippen MR) is 154 cm³/mol. The Morgan fingerprint density at radius 3 is 1.97 bits per heavy atom. The van der Waals surface area contributed by atoms with Crippen LogP contribution in [0.25, 0.3) is 55.6 Å². The van der Waals surface area contributed by atoms with Crippen LogP contribution in [0.4, 0.5) is 0 Å². The molecule has 0 aliphatic carbocycles. The van der Waals surface area contributed by atoms with Crippen LogP contribution in [0.15, 0.2) is 77.2 Å². The number of furan rings is 1. The van der Waals surface area contributed by atoms with E-state index in [1.807, 2.05) is 12.1 Å². The SMILES string of the molecule is Cn1c(-c2cccc3c2oc2c(-c4cc(C(C)(C)C)cc(C(C)(C)C)n4)cccc23)nc2ccccc21. The summed E-state index contributed by atoms with van der Waals surface area (Å²) in [5.41, 5.74) is 9.05. The third-order valence-corrected chi connectivity index (χ3v) is 7.29. The van der Waals surface area contributed by atoms with Crippen LogP contribution in [-0.2, 0) is 17.9 Å². The van der Waals surface area contributed by atoms with Gasteiger partial charge in [0.2, 0.25) is 0 Å². The van der Waals surface area contributed by atoms with Crippen molar-refractivity contribution in [3.05, 3.63) is 84.1 Å². The van der Waals surface area contributed by atoms with E-state index in [1.54, 1.807) is 0 Å². The Kier molecular flexibility index (Phi) is 5.10. The standard InChI is InChI=1S/C33H33N3O/c1-32(2,3)20-18-26(34-28(19-20)33(4,5)6)23-14-10-12-21-22-13-11-15-24(30(22)37-29(21)23)31-35-25-16-8-9-17-27(25)36(31)7/h8-19H,1-7H3. The molecule has 0 aliphatic heterocycles. The first-order chi connectivity index (χ1) is 17.5. The molecular formula is C33H33N3O. The summed E-state index contributed by atoms with van der Waals surface area (Å²) in [5.74, 6) is 0.898. The van der Waals surface area contributed by atoms with Gasteiger partial charge in [0.1, 0.15) is 17.0 Å². The van der Waals surface area contributed by atoms with Crippen molar-refractivity contribution in [1.82, 2.24) is 14.5 Å². The van der Waals surface area contributed by atoms with Gasteiger partial charge in [0.25, 0.3) is 0 Å². The Hall–Kier alpha value is -3.92. The molecule has 0 bridgehead atoms. The van der Waals surface area contributed by atoms with Crippen LogP contribution < -0.4 is 0 Å². The number of fused-ring (bicyclic) bond motifs is 4. The van der Waals surface area contributed by atoms with Crippen molar-refractivity contribution in [2.45, 2.75) is 52.4 Å². The fourth-order valence-electron chi connectivity index (χ4n) is 5.07. The second kappa shape index (κ2) is 8.04. The topological polar surface area (TPSA) is 43.9 Å². The highest BCUT2D eigenvalue weighted by Gasteiger charge is 2.24. The second-order valence-corrected chi connectivity index (χ2v) is 12.1. The van der Waals surface area contributed by atoms with E-state index in [-0.39, 0.29) is 10.8 Å². The average molecular weight is 488 g/mol. The fraction of sp³-hybridized carbons (Fsp3) is 0.273. The third kappa shape index (κ3) is 3.83. The Labute approximate surface area is 218 Å². The average Bonchev–Trinajstić information content (AvgIpc) is 3.40. The molecular weight excluding hydrogens is 454 g/mol. The molecule has 0 saturated heterocycles. The lowest BCUT2D eigenvalue weighted by Crippen LogP contribution is -2.18. The summed E-state index contributed by atoms with van der Waals surface area (Å²) in [5, 5.41) is 2.18. The molecule has 6 rings (SSSR count). The number of imidazole rings is 1. The van der Waals surface area contributed by atoms with E-state index >= 15 is 0 Å². The first-order valence-corrected chi connectivity index (χ1v) is 12.9. The smallest absolute Gasteiger partial charge is 0.146 e. The first kappa shape index (κ1) is 23.5. The van der Waals surface area contributed by atoms with Gasteiger partial charge >= 0.3 is 0 Å². The molecule has 0 atom stereocenters. The zero-order chi connectivity index (χ0) is 26.1. The van der Waals surface area contributed by atoms with Crippen LogP contribution in [0.3, 0.4) is 0 Å². The van der Waals surface area contributed by atoms with E-state index in [0.717, 1.165) is 61.3 Å². The van der Waals surface area contributed by atoms with E-state index < -0.39 is 0 Å². The van der Waals surface area contributed by atoms with Crippen molar-refractivity contribution in [2.24, 2.45) is 7.05 Å². The molecule has 4 nitrogen and oxygen atoms in total. The maximum absolute atomic E-state index is 6.73. The minimum Gasteiger partial charge on any atom is -0.455 e.